The molecule has 208 valence electrons. The molecule has 4 amide bonds. The van der Waals surface area contributed by atoms with E-state index < -0.39 is 11.6 Å². The topological polar surface area (TPSA) is 102 Å². The number of nitrogens with zero attached hydrogens (tertiary/aromatic N) is 4. The van der Waals surface area contributed by atoms with Gasteiger partial charge in [-0.3, -0.25) is 19.7 Å². The van der Waals surface area contributed by atoms with E-state index >= 15 is 0 Å². The Bertz CT molecular complexity index is 1060. The number of nitrogens with one attached hydrogen (secondary N) is 1. The maximum atomic E-state index is 12.5. The van der Waals surface area contributed by atoms with E-state index in [1.54, 1.807) is 16.8 Å². The third-order valence-electron chi connectivity index (χ3n) is 7.77. The summed E-state index contributed by atoms with van der Waals surface area (Å²) in [6.45, 7) is 9.98. The number of piperidine rings is 2. The third kappa shape index (κ3) is 6.28. The molecule has 0 spiro atoms. The molecule has 0 saturated carbocycles. The maximum Gasteiger partial charge on any atom is 0.410 e. The molecule has 38 heavy (non-hydrogen) atoms. The molecule has 3 fully saturated rings. The second kappa shape index (κ2) is 11.3. The first-order chi connectivity index (χ1) is 18.0. The van der Waals surface area contributed by atoms with Crippen molar-refractivity contribution in [3.8, 4) is 0 Å². The van der Waals surface area contributed by atoms with E-state index in [9.17, 15) is 19.2 Å². The minimum absolute atomic E-state index is 0.235. The number of amides is 4. The van der Waals surface area contributed by atoms with Crippen molar-refractivity contribution >= 4 is 35.7 Å². The summed E-state index contributed by atoms with van der Waals surface area (Å²) in [5.41, 5.74) is 2.26. The molecule has 10 heteroatoms. The van der Waals surface area contributed by atoms with Crippen molar-refractivity contribution < 1.29 is 23.9 Å². The zero-order valence-corrected chi connectivity index (χ0v) is 23.2. The summed E-state index contributed by atoms with van der Waals surface area (Å²) in [6.07, 6.45) is 3.25. The van der Waals surface area contributed by atoms with Gasteiger partial charge in [0.2, 0.25) is 18.2 Å². The zero-order chi connectivity index (χ0) is 27.6. The maximum absolute atomic E-state index is 12.5. The third-order valence-corrected chi connectivity index (χ3v) is 7.77. The summed E-state index contributed by atoms with van der Waals surface area (Å²) < 4.78 is 5.46. The first-order valence-electron chi connectivity index (χ1n) is 13.5. The molecule has 3 heterocycles. The van der Waals surface area contributed by atoms with Crippen LogP contribution < -0.4 is 15.1 Å². The predicted octanol–water partition coefficient (Wildman–Crippen LogP) is 2.57. The molecule has 0 aliphatic carbocycles. The number of hydrogen-bond donors (Lipinski definition) is 1. The Balaban J connectivity index is 1.38. The molecule has 1 aromatic carbocycles. The fraction of sp³-hybridized carbons (Fsp3) is 0.643. The SMILES string of the molecule is CN(C=O)c1c(C2CCN(CC3CN(C(=O)OC(C)(C)C)C3)CC2)cccc1N(C)C1CCC(=O)NC1=O. The fourth-order valence-electron chi connectivity index (χ4n) is 5.77. The van der Waals surface area contributed by atoms with Gasteiger partial charge in [-0.2, -0.15) is 0 Å². The number of rotatable bonds is 7. The first-order valence-corrected chi connectivity index (χ1v) is 13.5. The van der Waals surface area contributed by atoms with Crippen LogP contribution in [0.2, 0.25) is 0 Å². The second-order valence-corrected chi connectivity index (χ2v) is 11.8. The highest BCUT2D eigenvalue weighted by molar-refractivity contribution is 6.02. The molecule has 3 aliphatic rings. The van der Waals surface area contributed by atoms with Crippen molar-refractivity contribution in [1.29, 1.82) is 0 Å². The molecule has 1 atom stereocenters. The van der Waals surface area contributed by atoms with E-state index in [-0.39, 0.29) is 17.9 Å². The number of ether oxygens (including phenoxy) is 1. The second-order valence-electron chi connectivity index (χ2n) is 11.8. The van der Waals surface area contributed by atoms with Gasteiger partial charge < -0.3 is 24.3 Å². The normalized spacial score (nSPS) is 21.5. The van der Waals surface area contributed by atoms with Crippen molar-refractivity contribution in [3.63, 3.8) is 0 Å². The van der Waals surface area contributed by atoms with E-state index in [0.717, 1.165) is 68.9 Å². The van der Waals surface area contributed by atoms with Crippen LogP contribution >= 0.6 is 0 Å². The molecule has 0 aromatic heterocycles. The number of carbonyl (C=O) groups excluding carboxylic acids is 4. The summed E-state index contributed by atoms with van der Waals surface area (Å²) in [5.74, 6) is 0.202. The lowest BCUT2D eigenvalue weighted by atomic mass is 9.86. The fourth-order valence-corrected chi connectivity index (χ4v) is 5.77. The van der Waals surface area contributed by atoms with Crippen LogP contribution in [0.15, 0.2) is 18.2 Å². The monoisotopic (exact) mass is 527 g/mol. The Kier molecular flexibility index (Phi) is 8.30. The highest BCUT2D eigenvalue weighted by Gasteiger charge is 2.36. The van der Waals surface area contributed by atoms with Crippen LogP contribution in [0.25, 0.3) is 0 Å². The van der Waals surface area contributed by atoms with Crippen molar-refractivity contribution in [2.24, 2.45) is 5.92 Å². The van der Waals surface area contributed by atoms with E-state index in [0.29, 0.717) is 24.7 Å². The lowest BCUT2D eigenvalue weighted by Gasteiger charge is -2.43. The molecule has 0 radical (unpaired) electrons. The average molecular weight is 528 g/mol. The van der Waals surface area contributed by atoms with Crippen LogP contribution in [-0.4, -0.2) is 92.6 Å². The molecule has 1 N–H and O–H groups in total. The molecule has 1 unspecified atom stereocenters. The number of anilines is 2. The minimum Gasteiger partial charge on any atom is -0.444 e. The molecular weight excluding hydrogens is 486 g/mol. The molecule has 0 bridgehead atoms. The standard InChI is InChI=1S/C28H41N5O5/c1-28(2,3)38-27(37)33-16-19(17-33)15-32-13-11-20(12-14-32)21-7-6-8-22(25(21)30(4)18-34)31(5)23-9-10-24(35)29-26(23)36/h6-8,18-20,23H,9-17H2,1-5H3,(H,29,35,36). The largest absolute Gasteiger partial charge is 0.444 e. The molecule has 1 aromatic rings. The average Bonchev–Trinajstić information content (AvgIpc) is 2.84. The van der Waals surface area contributed by atoms with E-state index in [2.05, 4.69) is 16.3 Å². The van der Waals surface area contributed by atoms with E-state index in [1.165, 1.54) is 0 Å². The van der Waals surface area contributed by atoms with E-state index in [1.807, 2.05) is 44.9 Å². The molecule has 4 rings (SSSR count). The summed E-state index contributed by atoms with van der Waals surface area (Å²) >= 11 is 0. The van der Waals surface area contributed by atoms with Crippen LogP contribution in [0.5, 0.6) is 0 Å². The van der Waals surface area contributed by atoms with Crippen LogP contribution in [0.4, 0.5) is 16.2 Å². The Morgan fingerprint density at radius 3 is 2.42 bits per heavy atom. The Morgan fingerprint density at radius 1 is 1.13 bits per heavy atom. The highest BCUT2D eigenvalue weighted by atomic mass is 16.6. The van der Waals surface area contributed by atoms with Crippen molar-refractivity contribution in [3.05, 3.63) is 23.8 Å². The number of benzene rings is 1. The quantitative estimate of drug-likeness (QED) is 0.430. The van der Waals surface area contributed by atoms with Gasteiger partial charge in [-0.1, -0.05) is 12.1 Å². The summed E-state index contributed by atoms with van der Waals surface area (Å²) in [5, 5.41) is 2.43. The molecular formula is C28H41N5O5. The van der Waals surface area contributed by atoms with E-state index in [4.69, 9.17) is 4.74 Å². The summed E-state index contributed by atoms with van der Waals surface area (Å²) in [6, 6.07) is 5.54. The summed E-state index contributed by atoms with van der Waals surface area (Å²) in [4.78, 5) is 56.0. The van der Waals surface area contributed by atoms with Gasteiger partial charge in [0.25, 0.3) is 0 Å². The number of likely N-dealkylation sites (tertiary alicyclic amines) is 2. The number of carbonyl (C=O) groups is 4. The first kappa shape index (κ1) is 27.9. The zero-order valence-electron chi connectivity index (χ0n) is 23.2. The van der Waals surface area contributed by atoms with Crippen LogP contribution in [0.3, 0.4) is 0 Å². The van der Waals surface area contributed by atoms with Gasteiger partial charge in [0.05, 0.1) is 11.4 Å². The van der Waals surface area contributed by atoms with Gasteiger partial charge in [0.1, 0.15) is 11.6 Å². The lowest BCUT2D eigenvalue weighted by Crippen LogP contribution is -2.55. The van der Waals surface area contributed by atoms with Crippen LogP contribution in [0.1, 0.15) is 57.9 Å². The number of likely N-dealkylation sites (N-methyl/N-ethyl adjacent to an activating group) is 1. The smallest absolute Gasteiger partial charge is 0.410 e. The number of para-hydroxylation sites is 1. The van der Waals surface area contributed by atoms with Crippen LogP contribution in [0, 0.1) is 5.92 Å². The van der Waals surface area contributed by atoms with Crippen molar-refractivity contribution in [2.45, 2.75) is 64.0 Å². The molecule has 3 saturated heterocycles. The van der Waals surface area contributed by atoms with Gasteiger partial charge in [-0.15, -0.1) is 0 Å². The van der Waals surface area contributed by atoms with Crippen molar-refractivity contribution in [2.75, 3.05) is 56.6 Å². The van der Waals surface area contributed by atoms with Gasteiger partial charge >= 0.3 is 6.09 Å². The van der Waals surface area contributed by atoms with Crippen LogP contribution in [-0.2, 0) is 19.1 Å². The Morgan fingerprint density at radius 2 is 1.82 bits per heavy atom. The Hall–Kier alpha value is -3.14. The van der Waals surface area contributed by atoms with Crippen molar-refractivity contribution in [1.82, 2.24) is 15.1 Å². The predicted molar refractivity (Wildman–Crippen MR) is 145 cm³/mol. The van der Waals surface area contributed by atoms with Gasteiger partial charge in [0, 0.05) is 46.1 Å². The molecule has 3 aliphatic heterocycles. The number of imide groups is 1. The van der Waals surface area contributed by atoms with Gasteiger partial charge in [-0.25, -0.2) is 4.79 Å². The Labute approximate surface area is 225 Å². The molecule has 10 nitrogen and oxygen atoms in total. The van der Waals surface area contributed by atoms with Gasteiger partial charge in [0.15, 0.2) is 0 Å². The lowest BCUT2D eigenvalue weighted by molar-refractivity contribution is -0.134. The minimum atomic E-state index is -0.477. The van der Waals surface area contributed by atoms with Gasteiger partial charge in [-0.05, 0) is 70.7 Å². The number of hydrogen-bond acceptors (Lipinski definition) is 7. The summed E-state index contributed by atoms with van der Waals surface area (Å²) in [7, 11) is 3.60. The highest BCUT2D eigenvalue weighted by Crippen LogP contribution is 2.41.